The van der Waals surface area contributed by atoms with Gasteiger partial charge in [-0.25, -0.2) is 9.78 Å². The van der Waals surface area contributed by atoms with Crippen LogP contribution in [0.15, 0.2) is 42.9 Å². The molecule has 0 saturated carbocycles. The van der Waals surface area contributed by atoms with Gasteiger partial charge >= 0.3 is 6.03 Å². The van der Waals surface area contributed by atoms with E-state index in [0.29, 0.717) is 19.0 Å². The van der Waals surface area contributed by atoms with Crippen LogP contribution in [0.5, 0.6) is 5.88 Å². The van der Waals surface area contributed by atoms with Gasteiger partial charge in [-0.2, -0.15) is 0 Å². The van der Waals surface area contributed by atoms with E-state index in [1.807, 2.05) is 45.0 Å². The number of nitrogens with one attached hydrogen (secondary N) is 1. The van der Waals surface area contributed by atoms with E-state index in [1.54, 1.807) is 30.5 Å². The molecule has 128 valence electrons. The lowest BCUT2D eigenvalue weighted by Gasteiger charge is -2.20. The van der Waals surface area contributed by atoms with E-state index in [-0.39, 0.29) is 11.6 Å². The van der Waals surface area contributed by atoms with E-state index in [4.69, 9.17) is 4.74 Å². The monoisotopic (exact) mass is 328 g/mol. The smallest absolute Gasteiger partial charge is 0.317 e. The zero-order valence-electron chi connectivity index (χ0n) is 14.6. The van der Waals surface area contributed by atoms with E-state index in [2.05, 4.69) is 15.3 Å². The molecule has 0 atom stereocenters. The molecule has 2 aromatic heterocycles. The summed E-state index contributed by atoms with van der Waals surface area (Å²) in [5.41, 5.74) is 1.62. The number of pyridine rings is 2. The van der Waals surface area contributed by atoms with Crippen molar-refractivity contribution >= 4 is 6.03 Å². The largest absolute Gasteiger partial charge is 0.472 e. The molecule has 1 N–H and O–H groups in total. The first-order valence-electron chi connectivity index (χ1n) is 7.85. The molecule has 2 rings (SSSR count). The summed E-state index contributed by atoms with van der Waals surface area (Å²) in [5, 5.41) is 2.87. The van der Waals surface area contributed by atoms with Crippen molar-refractivity contribution in [1.29, 1.82) is 0 Å². The Morgan fingerprint density at radius 2 is 2.00 bits per heavy atom. The van der Waals surface area contributed by atoms with Crippen molar-refractivity contribution in [2.75, 3.05) is 7.05 Å². The van der Waals surface area contributed by atoms with Crippen LogP contribution in [0, 0.1) is 0 Å². The molecule has 2 aromatic rings. The Labute approximate surface area is 142 Å². The number of aromatic nitrogens is 2. The van der Waals surface area contributed by atoms with Gasteiger partial charge in [0.05, 0.1) is 0 Å². The third kappa shape index (κ3) is 5.87. The second-order valence-corrected chi connectivity index (χ2v) is 6.60. The molecule has 0 unspecified atom stereocenters. The van der Waals surface area contributed by atoms with Gasteiger partial charge in [0.1, 0.15) is 5.60 Å². The van der Waals surface area contributed by atoms with Crippen molar-refractivity contribution in [3.63, 3.8) is 0 Å². The molecule has 6 nitrogen and oxygen atoms in total. The maximum absolute atomic E-state index is 12.1. The summed E-state index contributed by atoms with van der Waals surface area (Å²) in [6.07, 6.45) is 5.17. The van der Waals surface area contributed by atoms with Crippen LogP contribution in [0.3, 0.4) is 0 Å². The SMILES string of the molecule is CN(Cc1cccnc1)C(=O)NCc1ccc(OC(C)(C)C)nc1. The minimum atomic E-state index is -0.280. The molecule has 0 radical (unpaired) electrons. The Morgan fingerprint density at radius 1 is 1.21 bits per heavy atom. The fourth-order valence-corrected chi connectivity index (χ4v) is 2.04. The highest BCUT2D eigenvalue weighted by Crippen LogP contribution is 2.15. The third-order valence-corrected chi connectivity index (χ3v) is 3.14. The fraction of sp³-hybridized carbons (Fsp3) is 0.389. The lowest BCUT2D eigenvalue weighted by molar-refractivity contribution is 0.124. The highest BCUT2D eigenvalue weighted by Gasteiger charge is 2.13. The van der Waals surface area contributed by atoms with Gasteiger partial charge in [0.15, 0.2) is 0 Å². The van der Waals surface area contributed by atoms with Gasteiger partial charge < -0.3 is 15.0 Å². The molecule has 24 heavy (non-hydrogen) atoms. The number of nitrogens with zero attached hydrogens (tertiary/aromatic N) is 3. The average molecular weight is 328 g/mol. The fourth-order valence-electron chi connectivity index (χ4n) is 2.04. The molecule has 2 amide bonds. The number of hydrogen-bond donors (Lipinski definition) is 1. The van der Waals surface area contributed by atoms with E-state index < -0.39 is 0 Å². The van der Waals surface area contributed by atoms with Gasteiger partial charge in [0.2, 0.25) is 5.88 Å². The van der Waals surface area contributed by atoms with Crippen molar-refractivity contribution in [2.45, 2.75) is 39.5 Å². The van der Waals surface area contributed by atoms with E-state index >= 15 is 0 Å². The Balaban J connectivity index is 1.83. The normalized spacial score (nSPS) is 11.0. The Kier molecular flexibility index (Phi) is 5.73. The van der Waals surface area contributed by atoms with Gasteiger partial charge in [-0.15, -0.1) is 0 Å². The Bertz CT molecular complexity index is 651. The summed E-state index contributed by atoms with van der Waals surface area (Å²) in [5.74, 6) is 0.575. The van der Waals surface area contributed by atoms with Crippen LogP contribution in [0.25, 0.3) is 0 Å². The second kappa shape index (κ2) is 7.77. The van der Waals surface area contributed by atoms with E-state index in [1.165, 1.54) is 0 Å². The van der Waals surface area contributed by atoms with Gasteiger partial charge in [0, 0.05) is 44.8 Å². The Morgan fingerprint density at radius 3 is 2.58 bits per heavy atom. The van der Waals surface area contributed by atoms with Gasteiger partial charge in [0.25, 0.3) is 0 Å². The van der Waals surface area contributed by atoms with Crippen LogP contribution in [0.1, 0.15) is 31.9 Å². The molecule has 0 bridgehead atoms. The second-order valence-electron chi connectivity index (χ2n) is 6.60. The predicted octanol–water partition coefficient (Wildman–Crippen LogP) is 3.00. The Hall–Kier alpha value is -2.63. The highest BCUT2D eigenvalue weighted by atomic mass is 16.5. The lowest BCUT2D eigenvalue weighted by Crippen LogP contribution is -2.36. The van der Waals surface area contributed by atoms with Gasteiger partial charge in [-0.05, 0) is 38.0 Å². The molecule has 0 spiro atoms. The summed E-state index contributed by atoms with van der Waals surface area (Å²) >= 11 is 0. The van der Waals surface area contributed by atoms with E-state index in [0.717, 1.165) is 11.1 Å². The van der Waals surface area contributed by atoms with Crippen LogP contribution in [0.4, 0.5) is 4.79 Å². The molecule has 0 aliphatic carbocycles. The van der Waals surface area contributed by atoms with Crippen LogP contribution in [0.2, 0.25) is 0 Å². The molecule has 0 aromatic carbocycles. The topological polar surface area (TPSA) is 67.4 Å². The van der Waals surface area contributed by atoms with Crippen molar-refractivity contribution in [2.24, 2.45) is 0 Å². The minimum Gasteiger partial charge on any atom is -0.472 e. The minimum absolute atomic E-state index is 0.145. The average Bonchev–Trinajstić information content (AvgIpc) is 2.53. The molecule has 0 aliphatic rings. The zero-order valence-corrected chi connectivity index (χ0v) is 14.6. The summed E-state index contributed by atoms with van der Waals surface area (Å²) in [7, 11) is 1.75. The van der Waals surface area contributed by atoms with Gasteiger partial charge in [-0.1, -0.05) is 12.1 Å². The van der Waals surface area contributed by atoms with Crippen LogP contribution in [-0.4, -0.2) is 33.5 Å². The number of ether oxygens (including phenoxy) is 1. The zero-order chi connectivity index (χ0) is 17.6. The maximum Gasteiger partial charge on any atom is 0.317 e. The number of urea groups is 1. The first-order chi connectivity index (χ1) is 11.3. The molecule has 0 aliphatic heterocycles. The standard InChI is InChI=1S/C18H24N4O2/c1-18(2,3)24-16-8-7-14(11-20-16)12-21-17(23)22(4)13-15-6-5-9-19-10-15/h5-11H,12-13H2,1-4H3,(H,21,23). The molecule has 2 heterocycles. The molecular formula is C18H24N4O2. The van der Waals surface area contributed by atoms with Crippen LogP contribution >= 0.6 is 0 Å². The molecular weight excluding hydrogens is 304 g/mol. The van der Waals surface area contributed by atoms with Crippen LogP contribution in [-0.2, 0) is 13.1 Å². The summed E-state index contributed by atoms with van der Waals surface area (Å²) in [4.78, 5) is 22.0. The molecule has 0 fully saturated rings. The van der Waals surface area contributed by atoms with Crippen molar-refractivity contribution in [3.05, 3.63) is 54.0 Å². The molecule has 0 saturated heterocycles. The first kappa shape index (κ1) is 17.7. The summed E-state index contributed by atoms with van der Waals surface area (Å²) < 4.78 is 5.67. The first-order valence-corrected chi connectivity index (χ1v) is 7.85. The van der Waals surface area contributed by atoms with E-state index in [9.17, 15) is 4.79 Å². The number of amides is 2. The van der Waals surface area contributed by atoms with Crippen LogP contribution < -0.4 is 10.1 Å². The predicted molar refractivity (Wildman–Crippen MR) is 92.6 cm³/mol. The summed E-state index contributed by atoms with van der Waals surface area (Å²) in [6.45, 7) is 6.85. The molecule has 6 heteroatoms. The third-order valence-electron chi connectivity index (χ3n) is 3.14. The van der Waals surface area contributed by atoms with Gasteiger partial charge in [-0.3, -0.25) is 4.98 Å². The maximum atomic E-state index is 12.1. The summed E-state index contributed by atoms with van der Waals surface area (Å²) in [6, 6.07) is 7.36. The van der Waals surface area contributed by atoms with Crippen molar-refractivity contribution in [3.8, 4) is 5.88 Å². The lowest BCUT2D eigenvalue weighted by atomic mass is 10.2. The highest BCUT2D eigenvalue weighted by molar-refractivity contribution is 5.73. The number of carbonyl (C=O) groups excluding carboxylic acids is 1. The number of hydrogen-bond acceptors (Lipinski definition) is 4. The van der Waals surface area contributed by atoms with Crippen molar-refractivity contribution in [1.82, 2.24) is 20.2 Å². The van der Waals surface area contributed by atoms with Crippen molar-refractivity contribution < 1.29 is 9.53 Å². The number of rotatable bonds is 5. The quantitative estimate of drug-likeness (QED) is 0.916. The number of carbonyl (C=O) groups is 1.